The molecule has 0 unspecified atom stereocenters. The summed E-state index contributed by atoms with van der Waals surface area (Å²) in [6.07, 6.45) is 8.34. The summed E-state index contributed by atoms with van der Waals surface area (Å²) in [5.74, 6) is 3.13. The Balaban J connectivity index is 3.86. The Morgan fingerprint density at radius 2 is 1.83 bits per heavy atom. The molecule has 0 atom stereocenters. The quantitative estimate of drug-likeness (QED) is 0.346. The standard InChI is InChI=1S/C11H20Si/c1-3-7-11(8-4-2)9-5-6-10-12/h9H,3-5,7-8H2,1-2,12H3. The van der Waals surface area contributed by atoms with Crippen molar-refractivity contribution in [2.24, 2.45) is 0 Å². The minimum atomic E-state index is 0.971. The predicted octanol–water partition coefficient (Wildman–Crippen LogP) is 2.23. The minimum Gasteiger partial charge on any atom is -0.143 e. The largest absolute Gasteiger partial charge is 0.143 e. The fourth-order valence-corrected chi connectivity index (χ4v) is 1.47. The highest BCUT2D eigenvalue weighted by Crippen LogP contribution is 2.12. The molecule has 0 amide bonds. The summed E-state index contributed by atoms with van der Waals surface area (Å²) in [4.78, 5) is 0. The molecular formula is C11H20Si. The first-order chi connectivity index (χ1) is 5.85. The first-order valence-electron chi connectivity index (χ1n) is 4.92. The van der Waals surface area contributed by atoms with Crippen molar-refractivity contribution >= 4 is 10.2 Å². The summed E-state index contributed by atoms with van der Waals surface area (Å²) >= 11 is 0. The normalized spacial score (nSPS) is 8.83. The van der Waals surface area contributed by atoms with Gasteiger partial charge >= 0.3 is 0 Å². The molecule has 0 fully saturated rings. The van der Waals surface area contributed by atoms with Crippen molar-refractivity contribution in [3.63, 3.8) is 0 Å². The molecule has 0 aromatic heterocycles. The molecule has 12 heavy (non-hydrogen) atoms. The van der Waals surface area contributed by atoms with Crippen LogP contribution in [0.4, 0.5) is 0 Å². The van der Waals surface area contributed by atoms with Gasteiger partial charge in [-0.3, -0.25) is 0 Å². The maximum atomic E-state index is 3.13. The van der Waals surface area contributed by atoms with Gasteiger partial charge in [-0.25, -0.2) is 0 Å². The topological polar surface area (TPSA) is 0 Å². The van der Waals surface area contributed by atoms with Gasteiger partial charge in [-0.15, -0.1) is 11.5 Å². The van der Waals surface area contributed by atoms with Crippen LogP contribution >= 0.6 is 0 Å². The summed E-state index contributed by atoms with van der Waals surface area (Å²) in [5, 5.41) is 0. The second kappa shape index (κ2) is 8.61. The van der Waals surface area contributed by atoms with E-state index in [4.69, 9.17) is 0 Å². The third kappa shape index (κ3) is 6.24. The summed E-state index contributed by atoms with van der Waals surface area (Å²) < 4.78 is 0. The minimum absolute atomic E-state index is 0.971. The average Bonchev–Trinajstić information content (AvgIpc) is 2.06. The lowest BCUT2D eigenvalue weighted by Crippen LogP contribution is -1.82. The molecule has 0 radical (unpaired) electrons. The molecule has 0 heterocycles. The fourth-order valence-electron chi connectivity index (χ4n) is 1.27. The smallest absolute Gasteiger partial charge is 0.0906 e. The van der Waals surface area contributed by atoms with E-state index in [1.807, 2.05) is 0 Å². The molecule has 68 valence electrons. The lowest BCUT2D eigenvalue weighted by Gasteiger charge is -2.02. The van der Waals surface area contributed by atoms with Crippen LogP contribution < -0.4 is 0 Å². The summed E-state index contributed by atoms with van der Waals surface area (Å²) in [6, 6.07) is 0. The van der Waals surface area contributed by atoms with Gasteiger partial charge in [-0.05, 0) is 12.8 Å². The number of hydrogen-bond donors (Lipinski definition) is 0. The van der Waals surface area contributed by atoms with E-state index in [2.05, 4.69) is 31.4 Å². The van der Waals surface area contributed by atoms with E-state index >= 15 is 0 Å². The highest BCUT2D eigenvalue weighted by molar-refractivity contribution is 6.22. The molecule has 0 aromatic carbocycles. The second-order valence-electron chi connectivity index (χ2n) is 2.99. The summed E-state index contributed by atoms with van der Waals surface area (Å²) in [5.41, 5.74) is 4.65. The van der Waals surface area contributed by atoms with Crippen molar-refractivity contribution in [3.8, 4) is 11.5 Å². The van der Waals surface area contributed by atoms with Gasteiger partial charge in [0.2, 0.25) is 0 Å². The molecule has 0 saturated heterocycles. The molecule has 0 aliphatic rings. The lowest BCUT2D eigenvalue weighted by atomic mass is 10.0. The Kier molecular flexibility index (Phi) is 8.27. The molecule has 0 spiro atoms. The van der Waals surface area contributed by atoms with Crippen molar-refractivity contribution < 1.29 is 0 Å². The van der Waals surface area contributed by atoms with Gasteiger partial charge in [-0.2, -0.15) is 0 Å². The zero-order chi connectivity index (χ0) is 9.23. The maximum Gasteiger partial charge on any atom is 0.0906 e. The van der Waals surface area contributed by atoms with Crippen LogP contribution in [0, 0.1) is 11.5 Å². The Hall–Kier alpha value is -0.483. The van der Waals surface area contributed by atoms with Crippen LogP contribution in [0.15, 0.2) is 11.6 Å². The fraction of sp³-hybridized carbons (Fsp3) is 0.636. The van der Waals surface area contributed by atoms with Crippen LogP contribution in [-0.2, 0) is 0 Å². The van der Waals surface area contributed by atoms with E-state index in [0.29, 0.717) is 0 Å². The van der Waals surface area contributed by atoms with E-state index in [-0.39, 0.29) is 0 Å². The molecule has 0 N–H and O–H groups in total. The highest BCUT2D eigenvalue weighted by Gasteiger charge is 1.92. The third-order valence-electron chi connectivity index (χ3n) is 1.81. The zero-order valence-electron chi connectivity index (χ0n) is 8.61. The van der Waals surface area contributed by atoms with Gasteiger partial charge in [-0.1, -0.05) is 38.3 Å². The van der Waals surface area contributed by atoms with Gasteiger partial charge in [0, 0.05) is 6.42 Å². The van der Waals surface area contributed by atoms with Gasteiger partial charge < -0.3 is 0 Å². The van der Waals surface area contributed by atoms with Crippen molar-refractivity contribution in [3.05, 3.63) is 11.6 Å². The lowest BCUT2D eigenvalue weighted by molar-refractivity contribution is 0.799. The van der Waals surface area contributed by atoms with Crippen molar-refractivity contribution in [2.45, 2.75) is 46.0 Å². The average molecular weight is 180 g/mol. The van der Waals surface area contributed by atoms with Crippen molar-refractivity contribution in [1.82, 2.24) is 0 Å². The molecule has 0 bridgehead atoms. The molecule has 1 heteroatoms. The van der Waals surface area contributed by atoms with Crippen LogP contribution in [0.3, 0.4) is 0 Å². The molecule has 0 rings (SSSR count). The highest BCUT2D eigenvalue weighted by atomic mass is 28.1. The van der Waals surface area contributed by atoms with Gasteiger partial charge in [0.1, 0.15) is 0 Å². The number of hydrogen-bond acceptors (Lipinski definition) is 0. The summed E-state index contributed by atoms with van der Waals surface area (Å²) in [6.45, 7) is 4.48. The number of allylic oxidation sites excluding steroid dienone is 2. The Morgan fingerprint density at radius 1 is 1.25 bits per heavy atom. The maximum absolute atomic E-state index is 3.13. The molecule has 0 nitrogen and oxygen atoms in total. The Labute approximate surface area is 79.9 Å². The zero-order valence-corrected chi connectivity index (χ0v) is 10.6. The molecule has 0 aliphatic heterocycles. The number of rotatable bonds is 5. The van der Waals surface area contributed by atoms with Crippen LogP contribution in [0.1, 0.15) is 46.0 Å². The van der Waals surface area contributed by atoms with E-state index in [0.717, 1.165) is 16.7 Å². The van der Waals surface area contributed by atoms with Crippen LogP contribution in [0.2, 0.25) is 0 Å². The Bertz CT molecular complexity index is 173. The van der Waals surface area contributed by atoms with E-state index in [9.17, 15) is 0 Å². The second-order valence-corrected chi connectivity index (χ2v) is 3.49. The molecule has 0 aliphatic carbocycles. The van der Waals surface area contributed by atoms with Crippen LogP contribution in [-0.4, -0.2) is 10.2 Å². The first kappa shape index (κ1) is 11.5. The van der Waals surface area contributed by atoms with Crippen LogP contribution in [0.5, 0.6) is 0 Å². The third-order valence-corrected chi connectivity index (χ3v) is 2.17. The van der Waals surface area contributed by atoms with Gasteiger partial charge in [0.15, 0.2) is 0 Å². The van der Waals surface area contributed by atoms with Crippen molar-refractivity contribution in [1.29, 1.82) is 0 Å². The molecule has 0 saturated carbocycles. The van der Waals surface area contributed by atoms with E-state index < -0.39 is 0 Å². The summed E-state index contributed by atoms with van der Waals surface area (Å²) in [7, 11) is 1.01. The molecular weight excluding hydrogens is 160 g/mol. The predicted molar refractivity (Wildman–Crippen MR) is 60.2 cm³/mol. The van der Waals surface area contributed by atoms with E-state index in [1.54, 1.807) is 5.57 Å². The van der Waals surface area contributed by atoms with E-state index in [1.165, 1.54) is 25.7 Å². The monoisotopic (exact) mass is 180 g/mol. The van der Waals surface area contributed by atoms with Crippen molar-refractivity contribution in [2.75, 3.05) is 0 Å². The Morgan fingerprint density at radius 3 is 2.25 bits per heavy atom. The van der Waals surface area contributed by atoms with Gasteiger partial charge in [0.25, 0.3) is 0 Å². The van der Waals surface area contributed by atoms with Gasteiger partial charge in [0.05, 0.1) is 10.2 Å². The SMILES string of the molecule is CCCC(=CCC#C[SiH3])CCC. The first-order valence-corrected chi connectivity index (χ1v) is 5.92. The van der Waals surface area contributed by atoms with Crippen LogP contribution in [0.25, 0.3) is 0 Å². The molecule has 0 aromatic rings.